The smallest absolute Gasteiger partial charge is 0.0641 e. The van der Waals surface area contributed by atoms with E-state index in [1.165, 1.54) is 10.5 Å². The molecule has 0 unspecified atom stereocenters. The highest BCUT2D eigenvalue weighted by Crippen LogP contribution is 2.38. The van der Waals surface area contributed by atoms with Crippen LogP contribution < -0.4 is 5.32 Å². The second kappa shape index (κ2) is 10.4. The Morgan fingerprint density at radius 3 is 2.39 bits per heavy atom. The van der Waals surface area contributed by atoms with E-state index in [0.717, 1.165) is 26.2 Å². The van der Waals surface area contributed by atoms with Crippen LogP contribution in [0, 0.1) is 11.3 Å². The number of benzene rings is 1. The lowest BCUT2D eigenvalue weighted by Gasteiger charge is -2.35. The third-order valence-electron chi connectivity index (χ3n) is 3.57. The van der Waals surface area contributed by atoms with Gasteiger partial charge in [0.05, 0.1) is 12.5 Å². The number of hydrogen-bond donors (Lipinski definition) is 1. The van der Waals surface area contributed by atoms with Crippen molar-refractivity contribution < 1.29 is 0 Å². The summed E-state index contributed by atoms with van der Waals surface area (Å²) in [5.74, 6) is 0. The van der Waals surface area contributed by atoms with Gasteiger partial charge < -0.3 is 5.32 Å². The fraction of sp³-hybridized carbons (Fsp3) is 0.588. The maximum atomic E-state index is 9.25. The van der Waals surface area contributed by atoms with E-state index in [2.05, 4.69) is 61.3 Å². The van der Waals surface area contributed by atoms with E-state index in [4.69, 9.17) is 0 Å². The lowest BCUT2D eigenvalue weighted by molar-refractivity contribution is 0.174. The Morgan fingerprint density at radius 2 is 1.83 bits per heavy atom. The standard InChI is InChI=1S/C17H25N3S.2ClH/c1-17(2,3)21-16-7-5-4-6-14(16)15(8-9-18)20-12-10-19-11-13-20;;/h4-7,15,19H,8,10-13H2,1-3H3;2*1H/t15-;;/m1../s1. The summed E-state index contributed by atoms with van der Waals surface area (Å²) >= 11 is 1.89. The summed E-state index contributed by atoms with van der Waals surface area (Å²) in [5, 5.41) is 12.6. The van der Waals surface area contributed by atoms with Crippen LogP contribution in [-0.4, -0.2) is 35.8 Å². The summed E-state index contributed by atoms with van der Waals surface area (Å²) in [4.78, 5) is 3.76. The molecule has 0 amide bonds. The fourth-order valence-electron chi connectivity index (χ4n) is 2.69. The van der Waals surface area contributed by atoms with Gasteiger partial charge in [0.2, 0.25) is 0 Å². The minimum absolute atomic E-state index is 0. The molecule has 1 fully saturated rings. The molecule has 0 aromatic heterocycles. The van der Waals surface area contributed by atoms with Gasteiger partial charge in [0.25, 0.3) is 0 Å². The van der Waals surface area contributed by atoms with Crippen molar-refractivity contribution in [1.82, 2.24) is 10.2 Å². The van der Waals surface area contributed by atoms with Crippen LogP contribution in [0.25, 0.3) is 0 Å². The third-order valence-corrected chi connectivity index (χ3v) is 4.78. The Balaban J connectivity index is 0.00000242. The number of thioether (sulfide) groups is 1. The van der Waals surface area contributed by atoms with E-state index in [1.807, 2.05) is 11.8 Å². The number of hydrogen-bond acceptors (Lipinski definition) is 4. The predicted octanol–water partition coefficient (Wildman–Crippen LogP) is 4.28. The second-order valence-electron chi connectivity index (χ2n) is 6.42. The van der Waals surface area contributed by atoms with E-state index in [9.17, 15) is 5.26 Å². The summed E-state index contributed by atoms with van der Waals surface area (Å²) in [5.41, 5.74) is 1.31. The lowest BCUT2D eigenvalue weighted by atomic mass is 10.0. The van der Waals surface area contributed by atoms with Gasteiger partial charge in [-0.05, 0) is 11.6 Å². The molecule has 130 valence electrons. The largest absolute Gasteiger partial charge is 0.314 e. The summed E-state index contributed by atoms with van der Waals surface area (Å²) in [6, 6.07) is 11.2. The molecule has 0 radical (unpaired) electrons. The van der Waals surface area contributed by atoms with Gasteiger partial charge in [0, 0.05) is 41.9 Å². The van der Waals surface area contributed by atoms with E-state index in [-0.39, 0.29) is 35.6 Å². The molecule has 1 atom stereocenters. The van der Waals surface area contributed by atoms with Crippen molar-refractivity contribution in [2.24, 2.45) is 0 Å². The van der Waals surface area contributed by atoms with Crippen LogP contribution in [0.5, 0.6) is 0 Å². The first-order valence-corrected chi connectivity index (χ1v) is 8.42. The quantitative estimate of drug-likeness (QED) is 0.796. The Bertz CT molecular complexity index is 505. The van der Waals surface area contributed by atoms with Gasteiger partial charge in [-0.25, -0.2) is 0 Å². The summed E-state index contributed by atoms with van der Waals surface area (Å²) in [7, 11) is 0. The number of nitrogens with one attached hydrogen (secondary N) is 1. The molecule has 1 aliphatic rings. The van der Waals surface area contributed by atoms with Gasteiger partial charge in [-0.15, -0.1) is 36.6 Å². The van der Waals surface area contributed by atoms with Crippen LogP contribution in [0.4, 0.5) is 0 Å². The van der Waals surface area contributed by atoms with E-state index in [1.54, 1.807) is 0 Å². The highest BCUT2D eigenvalue weighted by molar-refractivity contribution is 8.00. The molecule has 0 spiro atoms. The van der Waals surface area contributed by atoms with Crippen molar-refractivity contribution >= 4 is 36.6 Å². The molecular formula is C17H27Cl2N3S. The van der Waals surface area contributed by atoms with E-state index < -0.39 is 0 Å². The van der Waals surface area contributed by atoms with Crippen molar-refractivity contribution in [1.29, 1.82) is 5.26 Å². The van der Waals surface area contributed by atoms with Crippen molar-refractivity contribution in [3.63, 3.8) is 0 Å². The Morgan fingerprint density at radius 1 is 1.22 bits per heavy atom. The van der Waals surface area contributed by atoms with Crippen LogP contribution in [0.3, 0.4) is 0 Å². The van der Waals surface area contributed by atoms with Crippen molar-refractivity contribution in [2.45, 2.75) is 42.9 Å². The first-order chi connectivity index (χ1) is 10.0. The highest BCUT2D eigenvalue weighted by atomic mass is 35.5. The second-order valence-corrected chi connectivity index (χ2v) is 8.28. The zero-order valence-corrected chi connectivity index (χ0v) is 16.5. The van der Waals surface area contributed by atoms with Crippen LogP contribution >= 0.6 is 36.6 Å². The van der Waals surface area contributed by atoms with E-state index >= 15 is 0 Å². The zero-order valence-electron chi connectivity index (χ0n) is 14.0. The van der Waals surface area contributed by atoms with Crippen LogP contribution in [0.2, 0.25) is 0 Å². The van der Waals surface area contributed by atoms with Gasteiger partial charge in [-0.2, -0.15) is 5.26 Å². The lowest BCUT2D eigenvalue weighted by Crippen LogP contribution is -2.45. The van der Waals surface area contributed by atoms with Gasteiger partial charge in [-0.3, -0.25) is 4.90 Å². The zero-order chi connectivity index (χ0) is 15.3. The predicted molar refractivity (Wildman–Crippen MR) is 104 cm³/mol. The summed E-state index contributed by atoms with van der Waals surface area (Å²) in [6.45, 7) is 10.8. The normalized spacial score (nSPS) is 16.6. The third kappa shape index (κ3) is 6.91. The maximum absolute atomic E-state index is 9.25. The number of nitrogens with zero attached hydrogens (tertiary/aromatic N) is 2. The molecule has 1 saturated heterocycles. The Hall–Kier alpha value is -0.440. The highest BCUT2D eigenvalue weighted by Gasteiger charge is 2.25. The van der Waals surface area contributed by atoms with Gasteiger partial charge in [-0.1, -0.05) is 39.0 Å². The number of nitriles is 1. The van der Waals surface area contributed by atoms with Gasteiger partial charge in [0.1, 0.15) is 0 Å². The molecule has 6 heteroatoms. The summed E-state index contributed by atoms with van der Waals surface area (Å²) < 4.78 is 0.177. The van der Waals surface area contributed by atoms with Crippen molar-refractivity contribution in [3.05, 3.63) is 29.8 Å². The van der Waals surface area contributed by atoms with Crippen molar-refractivity contribution in [3.8, 4) is 6.07 Å². The van der Waals surface area contributed by atoms with E-state index in [0.29, 0.717) is 6.42 Å². The molecule has 1 heterocycles. The molecule has 2 rings (SSSR count). The van der Waals surface area contributed by atoms with Crippen LogP contribution in [0.15, 0.2) is 29.2 Å². The monoisotopic (exact) mass is 375 g/mol. The first-order valence-electron chi connectivity index (χ1n) is 7.61. The SMILES string of the molecule is CC(C)(C)Sc1ccccc1[C@@H](CC#N)N1CCNCC1.Cl.Cl. The minimum Gasteiger partial charge on any atom is -0.314 e. The van der Waals surface area contributed by atoms with Gasteiger partial charge >= 0.3 is 0 Å². The molecular weight excluding hydrogens is 349 g/mol. The van der Waals surface area contributed by atoms with Crippen LogP contribution in [0.1, 0.15) is 38.8 Å². The average Bonchev–Trinajstić information content (AvgIpc) is 2.45. The first kappa shape index (κ1) is 22.6. The maximum Gasteiger partial charge on any atom is 0.0641 e. The van der Waals surface area contributed by atoms with Crippen LogP contribution in [-0.2, 0) is 0 Å². The fourth-order valence-corrected chi connectivity index (χ4v) is 3.82. The van der Waals surface area contributed by atoms with Crippen molar-refractivity contribution in [2.75, 3.05) is 26.2 Å². The molecule has 3 nitrogen and oxygen atoms in total. The minimum atomic E-state index is 0. The molecule has 0 bridgehead atoms. The molecule has 1 N–H and O–H groups in total. The molecule has 23 heavy (non-hydrogen) atoms. The Labute approximate surface area is 157 Å². The molecule has 0 aliphatic carbocycles. The number of piperazine rings is 1. The molecule has 0 saturated carbocycles. The topological polar surface area (TPSA) is 39.1 Å². The molecule has 1 aromatic carbocycles. The summed E-state index contributed by atoms with van der Waals surface area (Å²) in [6.07, 6.45) is 0.557. The number of rotatable bonds is 4. The Kier molecular flexibility index (Phi) is 10.2. The average molecular weight is 376 g/mol. The van der Waals surface area contributed by atoms with Gasteiger partial charge in [0.15, 0.2) is 0 Å². The molecule has 1 aliphatic heterocycles. The number of halogens is 2. The molecule has 1 aromatic rings.